The minimum Gasteiger partial charge on any atom is -0.370 e. The van der Waals surface area contributed by atoms with Gasteiger partial charge >= 0.3 is 0 Å². The number of anilines is 1. The molecule has 0 bridgehead atoms. The van der Waals surface area contributed by atoms with Crippen LogP contribution in [-0.4, -0.2) is 26.2 Å². The summed E-state index contributed by atoms with van der Waals surface area (Å²) in [6.07, 6.45) is 1.23. The van der Waals surface area contributed by atoms with Gasteiger partial charge in [-0.25, -0.2) is 0 Å². The molecule has 1 aliphatic heterocycles. The van der Waals surface area contributed by atoms with E-state index in [9.17, 15) is 0 Å². The van der Waals surface area contributed by atoms with Gasteiger partial charge in [-0.3, -0.25) is 0 Å². The molecule has 1 N–H and O–H groups in total. The summed E-state index contributed by atoms with van der Waals surface area (Å²) in [5, 5.41) is 3.42. The highest BCUT2D eigenvalue weighted by atomic mass is 15.2. The Hall–Kier alpha value is -1.80. The SMILES string of the molecule is CN(c1ccc(-c2ccccc2)cc1)C1CCNC1. The first-order valence-corrected chi connectivity index (χ1v) is 6.93. The molecule has 0 amide bonds. The third-order valence-electron chi connectivity index (χ3n) is 3.96. The lowest BCUT2D eigenvalue weighted by atomic mass is 10.1. The number of likely N-dealkylation sites (N-methyl/N-ethyl adjacent to an activating group) is 1. The van der Waals surface area contributed by atoms with E-state index >= 15 is 0 Å². The molecule has 19 heavy (non-hydrogen) atoms. The monoisotopic (exact) mass is 252 g/mol. The number of hydrogen-bond donors (Lipinski definition) is 1. The lowest BCUT2D eigenvalue weighted by molar-refractivity contribution is 0.686. The van der Waals surface area contributed by atoms with Crippen LogP contribution in [0.1, 0.15) is 6.42 Å². The standard InChI is InChI=1S/C17H20N2/c1-19(17-11-12-18-13-17)16-9-7-15(8-10-16)14-5-3-2-4-6-14/h2-10,17-18H,11-13H2,1H3. The van der Waals surface area contributed by atoms with Crippen LogP contribution >= 0.6 is 0 Å². The van der Waals surface area contributed by atoms with Gasteiger partial charge in [0.2, 0.25) is 0 Å². The van der Waals surface area contributed by atoms with Crippen molar-refractivity contribution in [1.29, 1.82) is 0 Å². The average Bonchev–Trinajstić information content (AvgIpc) is 3.02. The van der Waals surface area contributed by atoms with Gasteiger partial charge in [0, 0.05) is 25.3 Å². The normalized spacial score (nSPS) is 18.5. The summed E-state index contributed by atoms with van der Waals surface area (Å²) in [6, 6.07) is 20.0. The first-order chi connectivity index (χ1) is 9.34. The molecule has 2 aromatic carbocycles. The van der Waals surface area contributed by atoms with Crippen LogP contribution in [-0.2, 0) is 0 Å². The third-order valence-corrected chi connectivity index (χ3v) is 3.96. The Morgan fingerprint density at radius 2 is 1.63 bits per heavy atom. The number of benzene rings is 2. The second-order valence-corrected chi connectivity index (χ2v) is 5.17. The summed E-state index contributed by atoms with van der Waals surface area (Å²) in [6.45, 7) is 2.23. The highest BCUT2D eigenvalue weighted by Crippen LogP contribution is 2.24. The number of rotatable bonds is 3. The maximum absolute atomic E-state index is 3.42. The Labute approximate surface area is 115 Å². The third kappa shape index (κ3) is 2.64. The van der Waals surface area contributed by atoms with E-state index in [4.69, 9.17) is 0 Å². The quantitative estimate of drug-likeness (QED) is 0.902. The zero-order valence-corrected chi connectivity index (χ0v) is 11.3. The fourth-order valence-electron chi connectivity index (χ4n) is 2.70. The molecule has 0 saturated carbocycles. The number of hydrogen-bond acceptors (Lipinski definition) is 2. The smallest absolute Gasteiger partial charge is 0.0423 e. The van der Waals surface area contributed by atoms with Crippen molar-refractivity contribution in [3.63, 3.8) is 0 Å². The van der Waals surface area contributed by atoms with Gasteiger partial charge in [0.1, 0.15) is 0 Å². The van der Waals surface area contributed by atoms with Gasteiger partial charge < -0.3 is 10.2 Å². The molecule has 2 heteroatoms. The van der Waals surface area contributed by atoms with E-state index in [1.54, 1.807) is 0 Å². The molecule has 0 spiro atoms. The van der Waals surface area contributed by atoms with Gasteiger partial charge in [0.15, 0.2) is 0 Å². The molecule has 1 atom stereocenters. The first-order valence-electron chi connectivity index (χ1n) is 6.93. The van der Waals surface area contributed by atoms with Crippen LogP contribution in [0.3, 0.4) is 0 Å². The minimum atomic E-state index is 0.627. The van der Waals surface area contributed by atoms with Gasteiger partial charge in [0.05, 0.1) is 0 Å². The van der Waals surface area contributed by atoms with E-state index in [0.717, 1.165) is 13.1 Å². The predicted octanol–water partition coefficient (Wildman–Crippen LogP) is 3.15. The molecule has 2 nitrogen and oxygen atoms in total. The Kier molecular flexibility index (Phi) is 3.51. The van der Waals surface area contributed by atoms with Gasteiger partial charge in [-0.15, -0.1) is 0 Å². The molecule has 0 aromatic heterocycles. The molecule has 2 aromatic rings. The second kappa shape index (κ2) is 5.45. The van der Waals surface area contributed by atoms with Crippen LogP contribution in [0.4, 0.5) is 5.69 Å². The minimum absolute atomic E-state index is 0.627. The predicted molar refractivity (Wildman–Crippen MR) is 81.6 cm³/mol. The van der Waals surface area contributed by atoms with Crippen molar-refractivity contribution in [2.45, 2.75) is 12.5 Å². The topological polar surface area (TPSA) is 15.3 Å². The lowest BCUT2D eigenvalue weighted by Crippen LogP contribution is -2.33. The number of nitrogens with one attached hydrogen (secondary N) is 1. The van der Waals surface area contributed by atoms with Crippen LogP contribution in [0, 0.1) is 0 Å². The molecule has 1 unspecified atom stereocenters. The van der Waals surface area contributed by atoms with Crippen molar-refractivity contribution >= 4 is 5.69 Å². The van der Waals surface area contributed by atoms with Crippen molar-refractivity contribution < 1.29 is 0 Å². The van der Waals surface area contributed by atoms with Crippen molar-refractivity contribution in [2.24, 2.45) is 0 Å². The highest BCUT2D eigenvalue weighted by Gasteiger charge is 2.19. The van der Waals surface area contributed by atoms with Crippen molar-refractivity contribution in [1.82, 2.24) is 5.32 Å². The molecule has 0 aliphatic carbocycles. The van der Waals surface area contributed by atoms with Gasteiger partial charge in [-0.1, -0.05) is 42.5 Å². The molecule has 1 fully saturated rings. The zero-order valence-electron chi connectivity index (χ0n) is 11.3. The fraction of sp³-hybridized carbons (Fsp3) is 0.294. The van der Waals surface area contributed by atoms with Crippen molar-refractivity contribution in [3.8, 4) is 11.1 Å². The van der Waals surface area contributed by atoms with E-state index in [1.165, 1.54) is 23.2 Å². The van der Waals surface area contributed by atoms with Crippen LogP contribution < -0.4 is 10.2 Å². The Balaban J connectivity index is 1.79. The number of nitrogens with zero attached hydrogens (tertiary/aromatic N) is 1. The summed E-state index contributed by atoms with van der Waals surface area (Å²) in [5.41, 5.74) is 3.86. The fourth-order valence-corrected chi connectivity index (χ4v) is 2.70. The molecule has 1 saturated heterocycles. The molecule has 1 heterocycles. The highest BCUT2D eigenvalue weighted by molar-refractivity contribution is 5.66. The molecule has 98 valence electrons. The molecule has 0 radical (unpaired) electrons. The van der Waals surface area contributed by atoms with E-state index in [-0.39, 0.29) is 0 Å². The Morgan fingerprint density at radius 1 is 0.947 bits per heavy atom. The van der Waals surface area contributed by atoms with E-state index in [0.29, 0.717) is 6.04 Å². The molecular formula is C17H20N2. The van der Waals surface area contributed by atoms with Gasteiger partial charge in [-0.05, 0) is 36.2 Å². The zero-order chi connectivity index (χ0) is 13.1. The van der Waals surface area contributed by atoms with Crippen molar-refractivity contribution in [2.75, 3.05) is 25.0 Å². The van der Waals surface area contributed by atoms with Crippen LogP contribution in [0.2, 0.25) is 0 Å². The first kappa shape index (κ1) is 12.2. The maximum atomic E-state index is 3.42. The average molecular weight is 252 g/mol. The van der Waals surface area contributed by atoms with Crippen molar-refractivity contribution in [3.05, 3.63) is 54.6 Å². The van der Waals surface area contributed by atoms with Crippen LogP contribution in [0.25, 0.3) is 11.1 Å². The summed E-state index contributed by atoms with van der Waals surface area (Å²) in [4.78, 5) is 2.38. The molecule has 1 aliphatic rings. The van der Waals surface area contributed by atoms with Gasteiger partial charge in [-0.2, -0.15) is 0 Å². The Morgan fingerprint density at radius 3 is 2.26 bits per heavy atom. The summed E-state index contributed by atoms with van der Waals surface area (Å²) < 4.78 is 0. The summed E-state index contributed by atoms with van der Waals surface area (Å²) in [5.74, 6) is 0. The summed E-state index contributed by atoms with van der Waals surface area (Å²) in [7, 11) is 2.19. The maximum Gasteiger partial charge on any atom is 0.0423 e. The van der Waals surface area contributed by atoms with Crippen LogP contribution in [0.5, 0.6) is 0 Å². The van der Waals surface area contributed by atoms with Gasteiger partial charge in [0.25, 0.3) is 0 Å². The lowest BCUT2D eigenvalue weighted by Gasteiger charge is -2.26. The van der Waals surface area contributed by atoms with Crippen LogP contribution in [0.15, 0.2) is 54.6 Å². The summed E-state index contributed by atoms with van der Waals surface area (Å²) >= 11 is 0. The van der Waals surface area contributed by atoms with E-state index in [1.807, 2.05) is 0 Å². The van der Waals surface area contributed by atoms with E-state index < -0.39 is 0 Å². The van der Waals surface area contributed by atoms with E-state index in [2.05, 4.69) is 71.9 Å². The molecular weight excluding hydrogens is 232 g/mol. The largest absolute Gasteiger partial charge is 0.370 e. The Bertz CT molecular complexity index is 513. The second-order valence-electron chi connectivity index (χ2n) is 5.17. The molecule has 3 rings (SSSR count).